The van der Waals surface area contributed by atoms with Gasteiger partial charge in [-0.2, -0.15) is 5.10 Å². The summed E-state index contributed by atoms with van der Waals surface area (Å²) in [5.41, 5.74) is 2.72. The smallest absolute Gasteiger partial charge is 0.238 e. The van der Waals surface area contributed by atoms with Crippen molar-refractivity contribution in [3.63, 3.8) is 0 Å². The molecule has 0 radical (unpaired) electrons. The first-order chi connectivity index (χ1) is 8.52. The van der Waals surface area contributed by atoms with Gasteiger partial charge in [-0.1, -0.05) is 6.92 Å². The van der Waals surface area contributed by atoms with Crippen LogP contribution in [0.4, 0.5) is 5.69 Å². The summed E-state index contributed by atoms with van der Waals surface area (Å²) >= 11 is 0. The van der Waals surface area contributed by atoms with E-state index in [-0.39, 0.29) is 5.91 Å². The normalized spacial score (nSPS) is 15.2. The van der Waals surface area contributed by atoms with Gasteiger partial charge in [0, 0.05) is 13.1 Å². The van der Waals surface area contributed by atoms with Crippen LogP contribution in [0.1, 0.15) is 31.2 Å². The monoisotopic (exact) mass is 250 g/mol. The number of rotatable bonds is 5. The number of nitrogens with zero attached hydrogens (tertiary/aromatic N) is 3. The van der Waals surface area contributed by atoms with Crippen LogP contribution in [-0.2, 0) is 11.8 Å². The number of carbonyl (C=O) groups excluding carboxylic acids is 1. The number of amides is 1. The van der Waals surface area contributed by atoms with Crippen molar-refractivity contribution in [2.24, 2.45) is 7.05 Å². The van der Waals surface area contributed by atoms with Gasteiger partial charge in [-0.3, -0.25) is 14.4 Å². The molecule has 0 bridgehead atoms. The SMILES string of the molecule is CCN(CC(=O)Nc1c(C)nn(C)c1C)C1CC1. The van der Waals surface area contributed by atoms with Gasteiger partial charge in [-0.05, 0) is 33.2 Å². The second kappa shape index (κ2) is 5.10. The summed E-state index contributed by atoms with van der Waals surface area (Å²) in [7, 11) is 1.89. The minimum Gasteiger partial charge on any atom is -0.322 e. The average molecular weight is 250 g/mol. The predicted octanol–water partition coefficient (Wildman–Crippen LogP) is 1.46. The number of carbonyl (C=O) groups is 1. The van der Waals surface area contributed by atoms with Gasteiger partial charge in [0.2, 0.25) is 5.91 Å². The zero-order valence-electron chi connectivity index (χ0n) is 11.7. The lowest BCUT2D eigenvalue weighted by atomic mass is 10.3. The lowest BCUT2D eigenvalue weighted by molar-refractivity contribution is -0.117. The average Bonchev–Trinajstić information content (AvgIpc) is 3.12. The Morgan fingerprint density at radius 1 is 1.50 bits per heavy atom. The fourth-order valence-electron chi connectivity index (χ4n) is 2.26. The molecule has 5 nitrogen and oxygen atoms in total. The zero-order valence-corrected chi connectivity index (χ0v) is 11.7. The highest BCUT2D eigenvalue weighted by molar-refractivity contribution is 5.93. The first-order valence-corrected chi connectivity index (χ1v) is 6.57. The fraction of sp³-hybridized carbons (Fsp3) is 0.692. The molecule has 1 N–H and O–H groups in total. The molecular weight excluding hydrogens is 228 g/mol. The molecule has 0 atom stereocenters. The Labute approximate surface area is 108 Å². The van der Waals surface area contributed by atoms with Crippen LogP contribution in [0.3, 0.4) is 0 Å². The molecule has 1 heterocycles. The van der Waals surface area contributed by atoms with Crippen molar-refractivity contribution < 1.29 is 4.79 Å². The molecule has 1 fully saturated rings. The fourth-order valence-corrected chi connectivity index (χ4v) is 2.26. The molecule has 1 aliphatic rings. The Bertz CT molecular complexity index is 448. The Balaban J connectivity index is 1.98. The maximum Gasteiger partial charge on any atom is 0.238 e. The summed E-state index contributed by atoms with van der Waals surface area (Å²) < 4.78 is 1.80. The van der Waals surface area contributed by atoms with E-state index in [1.165, 1.54) is 12.8 Å². The first-order valence-electron chi connectivity index (χ1n) is 6.57. The van der Waals surface area contributed by atoms with Crippen molar-refractivity contribution in [2.45, 2.75) is 39.7 Å². The van der Waals surface area contributed by atoms with Crippen molar-refractivity contribution in [2.75, 3.05) is 18.4 Å². The minimum absolute atomic E-state index is 0.0583. The van der Waals surface area contributed by atoms with Crippen molar-refractivity contribution in [3.05, 3.63) is 11.4 Å². The predicted molar refractivity (Wildman–Crippen MR) is 71.6 cm³/mol. The molecule has 5 heteroatoms. The van der Waals surface area contributed by atoms with Crippen LogP contribution < -0.4 is 5.32 Å². The summed E-state index contributed by atoms with van der Waals surface area (Å²) in [5.74, 6) is 0.0583. The van der Waals surface area contributed by atoms with Crippen molar-refractivity contribution in [3.8, 4) is 0 Å². The van der Waals surface area contributed by atoms with E-state index >= 15 is 0 Å². The Kier molecular flexibility index (Phi) is 3.71. The van der Waals surface area contributed by atoms with Crippen LogP contribution >= 0.6 is 0 Å². The van der Waals surface area contributed by atoms with Crippen LogP contribution in [0.5, 0.6) is 0 Å². The Morgan fingerprint density at radius 3 is 2.61 bits per heavy atom. The number of likely N-dealkylation sites (N-methyl/N-ethyl adjacent to an activating group) is 1. The topological polar surface area (TPSA) is 50.2 Å². The molecule has 0 aromatic carbocycles. The standard InChI is InChI=1S/C13H22N4O/c1-5-17(11-6-7-11)8-12(18)14-13-9(2)15-16(4)10(13)3/h11H,5-8H2,1-4H3,(H,14,18). The lowest BCUT2D eigenvalue weighted by Gasteiger charge is -2.19. The Morgan fingerprint density at radius 2 is 2.17 bits per heavy atom. The number of aromatic nitrogens is 2. The number of anilines is 1. The van der Waals surface area contributed by atoms with E-state index in [0.29, 0.717) is 12.6 Å². The van der Waals surface area contributed by atoms with Crippen molar-refractivity contribution in [1.82, 2.24) is 14.7 Å². The Hall–Kier alpha value is -1.36. The number of aryl methyl sites for hydroxylation is 2. The molecular formula is C13H22N4O. The van der Waals surface area contributed by atoms with Crippen LogP contribution in [-0.4, -0.2) is 39.7 Å². The highest BCUT2D eigenvalue weighted by Crippen LogP contribution is 2.26. The quantitative estimate of drug-likeness (QED) is 0.860. The van der Waals surface area contributed by atoms with Gasteiger partial charge in [0.15, 0.2) is 0 Å². The van der Waals surface area contributed by atoms with Crippen LogP contribution in [0, 0.1) is 13.8 Å². The third kappa shape index (κ3) is 2.72. The van der Waals surface area contributed by atoms with Gasteiger partial charge in [0.25, 0.3) is 0 Å². The third-order valence-corrected chi connectivity index (χ3v) is 3.59. The van der Waals surface area contributed by atoms with Crippen LogP contribution in [0.25, 0.3) is 0 Å². The van der Waals surface area contributed by atoms with E-state index in [0.717, 1.165) is 23.6 Å². The molecule has 1 amide bonds. The summed E-state index contributed by atoms with van der Waals surface area (Å²) in [6, 6.07) is 0.622. The van der Waals surface area contributed by atoms with E-state index in [4.69, 9.17) is 0 Å². The van der Waals surface area contributed by atoms with Crippen LogP contribution in [0.15, 0.2) is 0 Å². The lowest BCUT2D eigenvalue weighted by Crippen LogP contribution is -2.34. The van der Waals surface area contributed by atoms with E-state index in [9.17, 15) is 4.79 Å². The summed E-state index contributed by atoms with van der Waals surface area (Å²) in [6.45, 7) is 7.40. The highest BCUT2D eigenvalue weighted by Gasteiger charge is 2.29. The number of hydrogen-bond acceptors (Lipinski definition) is 3. The minimum atomic E-state index is 0.0583. The van der Waals surface area contributed by atoms with Gasteiger partial charge >= 0.3 is 0 Å². The van der Waals surface area contributed by atoms with Gasteiger partial charge in [-0.25, -0.2) is 0 Å². The first kappa shape index (κ1) is 13.1. The summed E-state index contributed by atoms with van der Waals surface area (Å²) in [5, 5.41) is 7.28. The zero-order chi connectivity index (χ0) is 13.3. The van der Waals surface area contributed by atoms with Crippen molar-refractivity contribution in [1.29, 1.82) is 0 Å². The van der Waals surface area contributed by atoms with Gasteiger partial charge in [-0.15, -0.1) is 0 Å². The maximum absolute atomic E-state index is 12.0. The molecule has 1 saturated carbocycles. The van der Waals surface area contributed by atoms with E-state index in [1.807, 2.05) is 20.9 Å². The summed E-state index contributed by atoms with van der Waals surface area (Å²) in [6.07, 6.45) is 2.46. The van der Waals surface area contributed by atoms with E-state index in [2.05, 4.69) is 22.2 Å². The number of nitrogens with one attached hydrogen (secondary N) is 1. The second-order valence-corrected chi connectivity index (χ2v) is 5.01. The molecule has 0 saturated heterocycles. The van der Waals surface area contributed by atoms with Crippen LogP contribution in [0.2, 0.25) is 0 Å². The van der Waals surface area contributed by atoms with E-state index < -0.39 is 0 Å². The van der Waals surface area contributed by atoms with E-state index in [1.54, 1.807) is 4.68 Å². The molecule has 0 spiro atoms. The molecule has 0 unspecified atom stereocenters. The molecule has 1 aromatic heterocycles. The van der Waals surface area contributed by atoms with Gasteiger partial charge in [0.05, 0.1) is 23.6 Å². The summed E-state index contributed by atoms with van der Waals surface area (Å²) in [4.78, 5) is 14.3. The largest absolute Gasteiger partial charge is 0.322 e. The molecule has 1 aromatic rings. The van der Waals surface area contributed by atoms with Crippen molar-refractivity contribution >= 4 is 11.6 Å². The molecule has 18 heavy (non-hydrogen) atoms. The third-order valence-electron chi connectivity index (χ3n) is 3.59. The number of hydrogen-bond donors (Lipinski definition) is 1. The maximum atomic E-state index is 12.0. The second-order valence-electron chi connectivity index (χ2n) is 5.01. The molecule has 0 aliphatic heterocycles. The van der Waals surface area contributed by atoms with Gasteiger partial charge < -0.3 is 5.32 Å². The highest BCUT2D eigenvalue weighted by atomic mass is 16.2. The molecule has 1 aliphatic carbocycles. The molecule has 100 valence electrons. The van der Waals surface area contributed by atoms with Gasteiger partial charge in [0.1, 0.15) is 0 Å². The molecule has 2 rings (SSSR count).